The maximum atomic E-state index is 12.4. The van der Waals surface area contributed by atoms with Gasteiger partial charge in [0.05, 0.1) is 6.54 Å². The molecule has 0 fully saturated rings. The molecule has 160 valence electrons. The number of hydrogen-bond acceptors (Lipinski definition) is 3. The summed E-state index contributed by atoms with van der Waals surface area (Å²) in [5.41, 5.74) is 5.76. The SMILES string of the molecule is CCc1cccc(C)c1NCC(=O)Nc1cccc(NC(=O)CCc2ccccc2)c1. The van der Waals surface area contributed by atoms with E-state index in [4.69, 9.17) is 0 Å². The average Bonchev–Trinajstić information content (AvgIpc) is 2.77. The van der Waals surface area contributed by atoms with Gasteiger partial charge in [-0.2, -0.15) is 0 Å². The van der Waals surface area contributed by atoms with Gasteiger partial charge in [0.2, 0.25) is 11.8 Å². The van der Waals surface area contributed by atoms with E-state index < -0.39 is 0 Å². The van der Waals surface area contributed by atoms with Crippen molar-refractivity contribution < 1.29 is 9.59 Å². The van der Waals surface area contributed by atoms with Gasteiger partial charge in [0.1, 0.15) is 0 Å². The Balaban J connectivity index is 1.52. The van der Waals surface area contributed by atoms with Crippen LogP contribution in [0.2, 0.25) is 0 Å². The van der Waals surface area contributed by atoms with Gasteiger partial charge in [0.15, 0.2) is 0 Å². The van der Waals surface area contributed by atoms with Crippen molar-refractivity contribution in [3.63, 3.8) is 0 Å². The molecule has 0 atom stereocenters. The summed E-state index contributed by atoms with van der Waals surface area (Å²) in [5.74, 6) is -0.196. The molecule has 0 bridgehead atoms. The summed E-state index contributed by atoms with van der Waals surface area (Å²) in [7, 11) is 0. The number of carbonyl (C=O) groups is 2. The Morgan fingerprint density at radius 3 is 2.19 bits per heavy atom. The quantitative estimate of drug-likeness (QED) is 0.451. The van der Waals surface area contributed by atoms with Gasteiger partial charge in [-0.25, -0.2) is 0 Å². The lowest BCUT2D eigenvalue weighted by Gasteiger charge is -2.14. The first-order valence-electron chi connectivity index (χ1n) is 10.6. The minimum Gasteiger partial charge on any atom is -0.376 e. The van der Waals surface area contributed by atoms with E-state index >= 15 is 0 Å². The molecule has 0 heterocycles. The number of benzene rings is 3. The summed E-state index contributed by atoms with van der Waals surface area (Å²) < 4.78 is 0. The van der Waals surface area contributed by atoms with Gasteiger partial charge < -0.3 is 16.0 Å². The third kappa shape index (κ3) is 6.71. The lowest BCUT2D eigenvalue weighted by atomic mass is 10.1. The van der Waals surface area contributed by atoms with E-state index in [-0.39, 0.29) is 18.4 Å². The van der Waals surface area contributed by atoms with Crippen molar-refractivity contribution in [2.75, 3.05) is 22.5 Å². The van der Waals surface area contributed by atoms with Gasteiger partial charge in [-0.3, -0.25) is 9.59 Å². The summed E-state index contributed by atoms with van der Waals surface area (Å²) in [6.45, 7) is 4.30. The number of para-hydroxylation sites is 1. The van der Waals surface area contributed by atoms with E-state index in [1.165, 1.54) is 5.56 Å². The molecule has 2 amide bonds. The fourth-order valence-electron chi connectivity index (χ4n) is 3.45. The fraction of sp³-hybridized carbons (Fsp3) is 0.231. The highest BCUT2D eigenvalue weighted by molar-refractivity contribution is 5.96. The van der Waals surface area contributed by atoms with Crippen LogP contribution in [0.25, 0.3) is 0 Å². The van der Waals surface area contributed by atoms with Crippen LogP contribution in [0.1, 0.15) is 30.0 Å². The number of carbonyl (C=O) groups excluding carboxylic acids is 2. The number of nitrogens with one attached hydrogen (secondary N) is 3. The predicted molar refractivity (Wildman–Crippen MR) is 128 cm³/mol. The third-order valence-electron chi connectivity index (χ3n) is 5.08. The largest absolute Gasteiger partial charge is 0.376 e. The molecule has 0 radical (unpaired) electrons. The molecule has 0 saturated carbocycles. The zero-order chi connectivity index (χ0) is 22.1. The minimum absolute atomic E-state index is 0.0550. The molecule has 3 aromatic carbocycles. The molecular formula is C26H29N3O2. The van der Waals surface area contributed by atoms with Crippen LogP contribution in [0.5, 0.6) is 0 Å². The van der Waals surface area contributed by atoms with Crippen LogP contribution in [-0.2, 0) is 22.4 Å². The number of hydrogen-bond donors (Lipinski definition) is 3. The molecular weight excluding hydrogens is 386 g/mol. The number of aryl methyl sites for hydroxylation is 3. The Morgan fingerprint density at radius 2 is 1.48 bits per heavy atom. The molecule has 0 unspecified atom stereocenters. The Bertz CT molecular complexity index is 1030. The first kappa shape index (κ1) is 22.1. The molecule has 5 heteroatoms. The lowest BCUT2D eigenvalue weighted by molar-refractivity contribution is -0.116. The summed E-state index contributed by atoms with van der Waals surface area (Å²) >= 11 is 0. The Labute approximate surface area is 183 Å². The van der Waals surface area contributed by atoms with Gasteiger partial charge >= 0.3 is 0 Å². The molecule has 0 aliphatic rings. The second-order valence-corrected chi connectivity index (χ2v) is 7.48. The maximum Gasteiger partial charge on any atom is 0.243 e. The van der Waals surface area contributed by atoms with E-state index in [9.17, 15) is 9.59 Å². The van der Waals surface area contributed by atoms with Crippen molar-refractivity contribution >= 4 is 28.9 Å². The highest BCUT2D eigenvalue weighted by Crippen LogP contribution is 2.21. The lowest BCUT2D eigenvalue weighted by Crippen LogP contribution is -2.22. The minimum atomic E-state index is -0.141. The molecule has 0 saturated heterocycles. The molecule has 3 aromatic rings. The van der Waals surface area contributed by atoms with Crippen LogP contribution in [0.15, 0.2) is 72.8 Å². The summed E-state index contributed by atoms with van der Waals surface area (Å²) in [4.78, 5) is 24.7. The number of rotatable bonds is 9. The van der Waals surface area contributed by atoms with E-state index in [2.05, 4.69) is 28.9 Å². The zero-order valence-corrected chi connectivity index (χ0v) is 18.1. The van der Waals surface area contributed by atoms with Crippen molar-refractivity contribution in [1.82, 2.24) is 0 Å². The number of amides is 2. The molecule has 0 spiro atoms. The third-order valence-corrected chi connectivity index (χ3v) is 5.08. The standard InChI is InChI=1S/C26H29N3O2/c1-3-21-12-7-9-19(2)26(21)27-18-25(31)29-23-14-8-13-22(17-23)28-24(30)16-15-20-10-5-4-6-11-20/h4-14,17,27H,3,15-16,18H2,1-2H3,(H,28,30)(H,29,31). The Morgan fingerprint density at radius 1 is 0.806 bits per heavy atom. The Kier molecular flexibility index (Phi) is 7.82. The molecule has 0 aromatic heterocycles. The monoisotopic (exact) mass is 415 g/mol. The van der Waals surface area contributed by atoms with Crippen LogP contribution in [0.3, 0.4) is 0 Å². The van der Waals surface area contributed by atoms with E-state index in [1.807, 2.05) is 67.6 Å². The van der Waals surface area contributed by atoms with Crippen molar-refractivity contribution in [1.29, 1.82) is 0 Å². The highest BCUT2D eigenvalue weighted by atomic mass is 16.2. The van der Waals surface area contributed by atoms with Crippen molar-refractivity contribution in [3.8, 4) is 0 Å². The van der Waals surface area contributed by atoms with Gasteiger partial charge in [-0.15, -0.1) is 0 Å². The van der Waals surface area contributed by atoms with Crippen LogP contribution in [0, 0.1) is 6.92 Å². The summed E-state index contributed by atoms with van der Waals surface area (Å²) in [5, 5.41) is 9.04. The second-order valence-electron chi connectivity index (χ2n) is 7.48. The first-order valence-corrected chi connectivity index (χ1v) is 10.6. The normalized spacial score (nSPS) is 10.4. The van der Waals surface area contributed by atoms with E-state index in [0.717, 1.165) is 23.2 Å². The van der Waals surface area contributed by atoms with E-state index in [1.54, 1.807) is 6.07 Å². The van der Waals surface area contributed by atoms with Crippen molar-refractivity contribution in [2.24, 2.45) is 0 Å². The molecule has 5 nitrogen and oxygen atoms in total. The van der Waals surface area contributed by atoms with Crippen LogP contribution in [0.4, 0.5) is 17.1 Å². The van der Waals surface area contributed by atoms with Crippen molar-refractivity contribution in [2.45, 2.75) is 33.1 Å². The van der Waals surface area contributed by atoms with Crippen LogP contribution in [-0.4, -0.2) is 18.4 Å². The van der Waals surface area contributed by atoms with Crippen LogP contribution >= 0.6 is 0 Å². The summed E-state index contributed by atoms with van der Waals surface area (Å²) in [6.07, 6.45) is 1.99. The fourth-order valence-corrected chi connectivity index (χ4v) is 3.45. The first-order chi connectivity index (χ1) is 15.0. The second kappa shape index (κ2) is 11.0. The van der Waals surface area contributed by atoms with Gasteiger partial charge in [0, 0.05) is 23.5 Å². The predicted octanol–water partition coefficient (Wildman–Crippen LogP) is 5.18. The zero-order valence-electron chi connectivity index (χ0n) is 18.1. The van der Waals surface area contributed by atoms with Gasteiger partial charge in [0.25, 0.3) is 0 Å². The highest BCUT2D eigenvalue weighted by Gasteiger charge is 2.08. The smallest absolute Gasteiger partial charge is 0.243 e. The van der Waals surface area contributed by atoms with E-state index in [0.29, 0.717) is 24.2 Å². The molecule has 3 rings (SSSR count). The summed E-state index contributed by atoms with van der Waals surface area (Å²) in [6, 6.07) is 23.2. The topological polar surface area (TPSA) is 70.2 Å². The molecule has 0 aliphatic heterocycles. The van der Waals surface area contributed by atoms with Gasteiger partial charge in [-0.1, -0.05) is 61.5 Å². The maximum absolute atomic E-state index is 12.4. The van der Waals surface area contributed by atoms with Crippen LogP contribution < -0.4 is 16.0 Å². The molecule has 0 aliphatic carbocycles. The molecule has 3 N–H and O–H groups in total. The molecule has 31 heavy (non-hydrogen) atoms. The number of anilines is 3. The van der Waals surface area contributed by atoms with Gasteiger partial charge in [-0.05, 0) is 54.7 Å². The Hall–Kier alpha value is -3.60. The van der Waals surface area contributed by atoms with Crippen molar-refractivity contribution in [3.05, 3.63) is 89.5 Å². The average molecular weight is 416 g/mol.